The summed E-state index contributed by atoms with van der Waals surface area (Å²) in [6.45, 7) is 21.3. The van der Waals surface area contributed by atoms with Crippen molar-refractivity contribution in [3.63, 3.8) is 0 Å². The summed E-state index contributed by atoms with van der Waals surface area (Å²) in [5.74, 6) is 1.61. The highest BCUT2D eigenvalue weighted by molar-refractivity contribution is 7.79. The van der Waals surface area contributed by atoms with Crippen molar-refractivity contribution in [3.05, 3.63) is 66.0 Å². The van der Waals surface area contributed by atoms with Gasteiger partial charge < -0.3 is 14.7 Å². The summed E-state index contributed by atoms with van der Waals surface area (Å²) >= 11 is 3.53. The normalized spacial score (nSPS) is 12.9. The number of hydrogen-bond acceptors (Lipinski definition) is 7. The van der Waals surface area contributed by atoms with Crippen molar-refractivity contribution in [1.82, 2.24) is 25.0 Å². The Morgan fingerprint density at radius 3 is 2.13 bits per heavy atom. The Morgan fingerprint density at radius 2 is 1.67 bits per heavy atom. The van der Waals surface area contributed by atoms with Gasteiger partial charge in [0.05, 0.1) is 36.8 Å². The lowest BCUT2D eigenvalue weighted by Gasteiger charge is -2.32. The van der Waals surface area contributed by atoms with E-state index in [1.807, 2.05) is 33.8 Å². The molecule has 12 heteroatoms. The van der Waals surface area contributed by atoms with Crippen LogP contribution >= 0.6 is 12.6 Å². The van der Waals surface area contributed by atoms with Gasteiger partial charge in [0.15, 0.2) is 11.5 Å². The lowest BCUT2D eigenvalue weighted by molar-refractivity contribution is -0.0889. The van der Waals surface area contributed by atoms with Crippen LogP contribution in [0, 0.1) is 0 Å². The van der Waals surface area contributed by atoms with E-state index in [9.17, 15) is 18.3 Å². The van der Waals surface area contributed by atoms with Gasteiger partial charge in [-0.05, 0) is 44.6 Å². The van der Waals surface area contributed by atoms with Gasteiger partial charge in [0, 0.05) is 24.5 Å². The molecule has 0 atom stereocenters. The van der Waals surface area contributed by atoms with Gasteiger partial charge in [-0.3, -0.25) is 5.10 Å². The maximum absolute atomic E-state index is 12.2. The highest BCUT2D eigenvalue weighted by Crippen LogP contribution is 2.38. The van der Waals surface area contributed by atoms with Crippen molar-refractivity contribution < 1.29 is 23.0 Å². The molecule has 1 aliphatic heterocycles. The van der Waals surface area contributed by atoms with E-state index in [2.05, 4.69) is 59.3 Å². The molecular weight excluding hydrogens is 613 g/mol. The Bertz CT molecular complexity index is 1300. The monoisotopic (exact) mass is 668 g/mol. The molecule has 4 heterocycles. The quantitative estimate of drug-likeness (QED) is 0.156. The third-order valence-corrected chi connectivity index (χ3v) is 6.65. The largest absolute Gasteiger partial charge is 0.416 e. The molecule has 0 aromatic carbocycles. The van der Waals surface area contributed by atoms with Crippen molar-refractivity contribution in [2.75, 3.05) is 37.5 Å². The summed E-state index contributed by atoms with van der Waals surface area (Å²) in [6, 6.07) is 3.91. The minimum absolute atomic E-state index is 0.251. The van der Waals surface area contributed by atoms with Crippen LogP contribution in [0.25, 0.3) is 16.9 Å². The number of aromatic nitrogens is 5. The standard InChI is InChI=1S/C20H28N6O2.C9H11F3.2C2H6.CH4S/c1-3-6-20(27,7-4-2)16-13-18(25-9-11-28-12-10-25)23-19-15(16)14-22-26(19)17-5-8-21-24-17;1-4-5-6-8(7(2)3)9(10,11)12;3*1-2/h5,8,13-14,27H,3-4,6-7,9-12H2,1-2H3,(H,21,24);4-6H,1H2,2-3H3;2*1-2H3;2H,1H3/b;6-5-;;;. The van der Waals surface area contributed by atoms with Gasteiger partial charge in [-0.25, -0.2) is 4.98 Å². The van der Waals surface area contributed by atoms with E-state index in [4.69, 9.17) is 9.72 Å². The van der Waals surface area contributed by atoms with Crippen molar-refractivity contribution in [3.8, 4) is 5.82 Å². The first-order valence-electron chi connectivity index (χ1n) is 16.0. The zero-order valence-corrected chi connectivity index (χ0v) is 30.0. The van der Waals surface area contributed by atoms with Gasteiger partial charge in [0.2, 0.25) is 0 Å². The summed E-state index contributed by atoms with van der Waals surface area (Å²) in [7, 11) is 0. The Kier molecular flexibility index (Phi) is 20.9. The van der Waals surface area contributed by atoms with Crippen molar-refractivity contribution in [1.29, 1.82) is 0 Å². The Balaban J connectivity index is 0.000000951. The number of halogens is 3. The Hall–Kier alpha value is -3.09. The summed E-state index contributed by atoms with van der Waals surface area (Å²) in [4.78, 5) is 7.14. The van der Waals surface area contributed by atoms with Crippen LogP contribution in [0.3, 0.4) is 0 Å². The van der Waals surface area contributed by atoms with E-state index in [0.29, 0.717) is 26.1 Å². The van der Waals surface area contributed by atoms with Crippen LogP contribution in [-0.4, -0.2) is 68.8 Å². The van der Waals surface area contributed by atoms with Crippen LogP contribution < -0.4 is 4.90 Å². The zero-order chi connectivity index (χ0) is 35.3. The van der Waals surface area contributed by atoms with Gasteiger partial charge in [0.25, 0.3) is 0 Å². The van der Waals surface area contributed by atoms with Gasteiger partial charge in [-0.2, -0.15) is 40.7 Å². The average Bonchev–Trinajstić information content (AvgIpc) is 3.74. The summed E-state index contributed by atoms with van der Waals surface area (Å²) in [5, 5.41) is 24.0. The van der Waals surface area contributed by atoms with Crippen molar-refractivity contribution >= 4 is 29.5 Å². The lowest BCUT2D eigenvalue weighted by Crippen LogP contribution is -2.37. The number of nitrogens with one attached hydrogen (secondary N) is 1. The number of hydrogen-bond donors (Lipinski definition) is 3. The fourth-order valence-corrected chi connectivity index (χ4v) is 4.80. The fraction of sp³-hybridized carbons (Fsp3) is 0.559. The van der Waals surface area contributed by atoms with Gasteiger partial charge in [-0.1, -0.05) is 84.8 Å². The fourth-order valence-electron chi connectivity index (χ4n) is 4.80. The molecule has 2 N–H and O–H groups in total. The number of thiol groups is 1. The van der Waals surface area contributed by atoms with E-state index in [1.54, 1.807) is 23.3 Å². The molecule has 1 aliphatic rings. The third-order valence-electron chi connectivity index (χ3n) is 6.65. The predicted molar refractivity (Wildman–Crippen MR) is 189 cm³/mol. The topological polar surface area (TPSA) is 92.1 Å². The van der Waals surface area contributed by atoms with Crippen LogP contribution in [0.1, 0.15) is 86.6 Å². The zero-order valence-electron chi connectivity index (χ0n) is 29.1. The molecule has 3 aromatic heterocycles. The molecule has 46 heavy (non-hydrogen) atoms. The van der Waals surface area contributed by atoms with Crippen LogP contribution in [0.2, 0.25) is 0 Å². The number of aliphatic hydroxyl groups is 1. The minimum atomic E-state index is -4.27. The van der Waals surface area contributed by atoms with Gasteiger partial charge in [-0.15, -0.1) is 0 Å². The average molecular weight is 669 g/mol. The molecule has 0 saturated carbocycles. The van der Waals surface area contributed by atoms with Crippen LogP contribution in [0.15, 0.2) is 60.5 Å². The number of anilines is 1. The molecule has 0 spiro atoms. The smallest absolute Gasteiger partial charge is 0.385 e. The Labute approximate surface area is 279 Å². The van der Waals surface area contributed by atoms with Crippen LogP contribution in [-0.2, 0) is 10.3 Å². The number of allylic oxidation sites excluding steroid dienone is 5. The van der Waals surface area contributed by atoms with Crippen molar-refractivity contribution in [2.45, 2.75) is 92.9 Å². The van der Waals surface area contributed by atoms with E-state index < -0.39 is 17.4 Å². The first-order chi connectivity index (χ1) is 22.1. The third kappa shape index (κ3) is 12.3. The van der Waals surface area contributed by atoms with Gasteiger partial charge in [0.1, 0.15) is 5.82 Å². The maximum Gasteiger partial charge on any atom is 0.416 e. The number of H-pyrrole nitrogens is 1. The SMILES string of the molecule is C=C/C=C\C(=C(C)C)C(F)(F)F.CC.CC.CCCC(O)(CCC)c1cc(N2CCOCC2)nc2c1cnn2-c1ccn[nH]1.CS. The highest BCUT2D eigenvalue weighted by atomic mass is 32.1. The molecule has 1 fully saturated rings. The molecule has 260 valence electrons. The van der Waals surface area contributed by atoms with Gasteiger partial charge >= 0.3 is 6.18 Å². The highest BCUT2D eigenvalue weighted by Gasteiger charge is 2.33. The molecule has 0 unspecified atom stereocenters. The summed E-state index contributed by atoms with van der Waals surface area (Å²) in [5.41, 5.74) is 0.387. The van der Waals surface area contributed by atoms with E-state index >= 15 is 0 Å². The molecule has 8 nitrogen and oxygen atoms in total. The van der Waals surface area contributed by atoms with Crippen LogP contribution in [0.5, 0.6) is 0 Å². The van der Waals surface area contributed by atoms with E-state index in [-0.39, 0.29) is 5.57 Å². The van der Waals surface area contributed by atoms with Crippen LogP contribution in [0.4, 0.5) is 19.0 Å². The number of nitrogens with zero attached hydrogens (tertiary/aromatic N) is 5. The first-order valence-corrected chi connectivity index (χ1v) is 16.9. The molecule has 0 radical (unpaired) electrons. The number of aromatic amines is 1. The first kappa shape index (κ1) is 42.9. The minimum Gasteiger partial charge on any atom is -0.385 e. The van der Waals surface area contributed by atoms with E-state index in [0.717, 1.165) is 60.2 Å². The lowest BCUT2D eigenvalue weighted by atomic mass is 9.84. The molecule has 0 aliphatic carbocycles. The predicted octanol–water partition coefficient (Wildman–Crippen LogP) is 8.99. The Morgan fingerprint density at radius 1 is 1.09 bits per heavy atom. The number of alkyl halides is 3. The molecule has 4 rings (SSSR count). The molecule has 0 amide bonds. The molecule has 0 bridgehead atoms. The second kappa shape index (κ2) is 22.4. The maximum atomic E-state index is 12.2. The molecule has 1 saturated heterocycles. The number of fused-ring (bicyclic) bond motifs is 1. The number of rotatable bonds is 9. The second-order valence-electron chi connectivity index (χ2n) is 9.90. The summed E-state index contributed by atoms with van der Waals surface area (Å²) in [6.07, 6.45) is 7.75. The van der Waals surface area contributed by atoms with Crippen molar-refractivity contribution in [2.24, 2.45) is 0 Å². The van der Waals surface area contributed by atoms with E-state index in [1.165, 1.54) is 26.0 Å². The number of pyridine rings is 1. The number of morpholine rings is 1. The molecular formula is C34H55F3N6O2S. The summed E-state index contributed by atoms with van der Waals surface area (Å²) < 4.78 is 43.7. The number of ether oxygens (including phenoxy) is 1. The second-order valence-corrected chi connectivity index (χ2v) is 9.90. The molecule has 3 aromatic rings.